The van der Waals surface area contributed by atoms with Crippen LogP contribution in [0.4, 0.5) is 0 Å². The molecule has 3 heterocycles. The van der Waals surface area contributed by atoms with Crippen LogP contribution in [0.2, 0.25) is 0 Å². The number of morpholine rings is 1. The summed E-state index contributed by atoms with van der Waals surface area (Å²) >= 11 is 1.61. The van der Waals surface area contributed by atoms with Crippen molar-refractivity contribution in [3.63, 3.8) is 0 Å². The van der Waals surface area contributed by atoms with E-state index in [2.05, 4.69) is 29.0 Å². The molecule has 6 nitrogen and oxygen atoms in total. The first-order valence-corrected chi connectivity index (χ1v) is 11.4. The van der Waals surface area contributed by atoms with Crippen LogP contribution in [0.5, 0.6) is 0 Å². The second kappa shape index (κ2) is 8.22. The lowest BCUT2D eigenvalue weighted by molar-refractivity contribution is -0.0376. The molecular weight excluding hydrogens is 372 g/mol. The number of hydrogen-bond donors (Lipinski definition) is 2. The number of hydrogen-bond acceptors (Lipinski definition) is 6. The molecule has 2 aromatic rings. The van der Waals surface area contributed by atoms with Crippen LogP contribution >= 0.6 is 11.3 Å². The monoisotopic (exact) mass is 404 g/mol. The minimum absolute atomic E-state index is 0.0136. The number of nitrogens with zero attached hydrogens (tertiary/aromatic N) is 2. The number of ether oxygens (including phenoxy) is 1. The Labute approximate surface area is 170 Å². The lowest BCUT2D eigenvalue weighted by Gasteiger charge is -2.48. The third-order valence-electron chi connectivity index (χ3n) is 6.67. The minimum Gasteiger partial charge on any atom is -0.379 e. The molecule has 1 aliphatic carbocycles. The van der Waals surface area contributed by atoms with Crippen molar-refractivity contribution >= 4 is 21.6 Å². The highest BCUT2D eigenvalue weighted by molar-refractivity contribution is 7.18. The van der Waals surface area contributed by atoms with Gasteiger partial charge in [-0.25, -0.2) is 4.98 Å². The lowest BCUT2D eigenvalue weighted by atomic mass is 9.79. The molecule has 154 valence electrons. The summed E-state index contributed by atoms with van der Waals surface area (Å²) in [4.78, 5) is 25.1. The molecule has 7 heteroatoms. The SMILES string of the molecule is Cc1sc2nc(C(C)NCC3(N4CCOCC4)CCCCC3)[nH]c(=O)c2c1C. The maximum atomic E-state index is 12.6. The van der Waals surface area contributed by atoms with Gasteiger partial charge in [-0.2, -0.15) is 0 Å². The topological polar surface area (TPSA) is 70.2 Å². The molecule has 2 N–H and O–H groups in total. The lowest BCUT2D eigenvalue weighted by Crippen LogP contribution is -2.59. The van der Waals surface area contributed by atoms with Crippen LogP contribution in [0, 0.1) is 13.8 Å². The van der Waals surface area contributed by atoms with Gasteiger partial charge in [0, 0.05) is 30.1 Å². The Kier molecular flexibility index (Phi) is 5.88. The molecule has 28 heavy (non-hydrogen) atoms. The normalized spacial score (nSPS) is 21.8. The maximum Gasteiger partial charge on any atom is 0.259 e. The molecule has 2 aromatic heterocycles. The molecule has 0 aromatic carbocycles. The predicted octanol–water partition coefficient (Wildman–Crippen LogP) is 3.29. The molecule has 0 bridgehead atoms. The average Bonchev–Trinajstić information content (AvgIpc) is 3.01. The molecule has 1 atom stereocenters. The first kappa shape index (κ1) is 20.0. The standard InChI is InChI=1S/C21H32N4O2S/c1-14-16(3)28-20-17(14)19(26)23-18(24-20)15(2)22-13-21(7-5-4-6-8-21)25-9-11-27-12-10-25/h15,22H,4-13H2,1-3H3,(H,23,24,26). The number of rotatable bonds is 5. The van der Waals surface area contributed by atoms with Crippen LogP contribution < -0.4 is 10.9 Å². The van der Waals surface area contributed by atoms with E-state index in [9.17, 15) is 4.79 Å². The maximum absolute atomic E-state index is 12.6. The molecular formula is C21H32N4O2S. The molecule has 1 unspecified atom stereocenters. The first-order valence-electron chi connectivity index (χ1n) is 10.6. The van der Waals surface area contributed by atoms with Gasteiger partial charge >= 0.3 is 0 Å². The summed E-state index contributed by atoms with van der Waals surface area (Å²) in [5.41, 5.74) is 1.24. The van der Waals surface area contributed by atoms with Crippen LogP contribution in [-0.2, 0) is 4.74 Å². The minimum atomic E-state index is -0.0175. The Morgan fingerprint density at radius 3 is 2.68 bits per heavy atom. The molecule has 0 radical (unpaired) electrons. The zero-order valence-electron chi connectivity index (χ0n) is 17.3. The Balaban J connectivity index is 1.53. The summed E-state index contributed by atoms with van der Waals surface area (Å²) in [6.45, 7) is 10.8. The fourth-order valence-corrected chi connectivity index (χ4v) is 5.81. The van der Waals surface area contributed by atoms with E-state index >= 15 is 0 Å². The third kappa shape index (κ3) is 3.77. The molecule has 1 saturated heterocycles. The van der Waals surface area contributed by atoms with E-state index in [4.69, 9.17) is 9.72 Å². The Morgan fingerprint density at radius 2 is 1.96 bits per heavy atom. The van der Waals surface area contributed by atoms with Crippen molar-refractivity contribution in [1.29, 1.82) is 0 Å². The molecule has 2 aliphatic rings. The van der Waals surface area contributed by atoms with Crippen LogP contribution in [0.1, 0.15) is 61.3 Å². The fraction of sp³-hybridized carbons (Fsp3) is 0.714. The van der Waals surface area contributed by atoms with Crippen LogP contribution in [-0.4, -0.2) is 53.3 Å². The highest BCUT2D eigenvalue weighted by Crippen LogP contribution is 2.34. The summed E-state index contributed by atoms with van der Waals surface area (Å²) in [6, 6.07) is 0.0136. The van der Waals surface area contributed by atoms with Gasteiger partial charge in [0.05, 0.1) is 24.6 Å². The van der Waals surface area contributed by atoms with Gasteiger partial charge in [0.25, 0.3) is 5.56 Å². The van der Waals surface area contributed by atoms with E-state index in [1.54, 1.807) is 11.3 Å². The molecule has 0 amide bonds. The van der Waals surface area contributed by atoms with E-state index in [0.29, 0.717) is 0 Å². The third-order valence-corrected chi connectivity index (χ3v) is 7.77. The van der Waals surface area contributed by atoms with Crippen molar-refractivity contribution < 1.29 is 4.74 Å². The van der Waals surface area contributed by atoms with Crippen molar-refractivity contribution in [2.24, 2.45) is 0 Å². The molecule has 4 rings (SSSR count). The predicted molar refractivity (Wildman–Crippen MR) is 114 cm³/mol. The molecule has 2 fully saturated rings. The van der Waals surface area contributed by atoms with E-state index in [-0.39, 0.29) is 17.1 Å². The zero-order valence-corrected chi connectivity index (χ0v) is 18.1. The zero-order chi connectivity index (χ0) is 19.7. The summed E-state index contributed by atoms with van der Waals surface area (Å²) in [7, 11) is 0. The quantitative estimate of drug-likeness (QED) is 0.800. The number of aryl methyl sites for hydroxylation is 2. The molecule has 1 saturated carbocycles. The second-order valence-corrected chi connectivity index (χ2v) is 9.60. The number of aromatic nitrogens is 2. The Bertz CT molecular complexity index is 878. The number of nitrogens with one attached hydrogen (secondary N) is 2. The van der Waals surface area contributed by atoms with Crippen molar-refractivity contribution in [3.8, 4) is 0 Å². The summed E-state index contributed by atoms with van der Waals surface area (Å²) in [5, 5.41) is 4.46. The van der Waals surface area contributed by atoms with Crippen molar-refractivity contribution in [2.75, 3.05) is 32.8 Å². The van der Waals surface area contributed by atoms with Gasteiger partial charge in [0.2, 0.25) is 0 Å². The number of aromatic amines is 1. The highest BCUT2D eigenvalue weighted by Gasteiger charge is 2.38. The van der Waals surface area contributed by atoms with Crippen LogP contribution in [0.25, 0.3) is 10.2 Å². The van der Waals surface area contributed by atoms with Gasteiger partial charge in [0.1, 0.15) is 10.7 Å². The molecule has 1 aliphatic heterocycles. The van der Waals surface area contributed by atoms with Gasteiger partial charge in [-0.05, 0) is 39.2 Å². The largest absolute Gasteiger partial charge is 0.379 e. The van der Waals surface area contributed by atoms with Gasteiger partial charge in [0.15, 0.2) is 0 Å². The van der Waals surface area contributed by atoms with Crippen LogP contribution in [0.15, 0.2) is 4.79 Å². The number of thiophene rings is 1. The molecule has 0 spiro atoms. The van der Waals surface area contributed by atoms with Gasteiger partial charge < -0.3 is 15.0 Å². The fourth-order valence-electron chi connectivity index (χ4n) is 4.77. The van der Waals surface area contributed by atoms with E-state index in [0.717, 1.165) is 54.5 Å². The Morgan fingerprint density at radius 1 is 1.25 bits per heavy atom. The highest BCUT2D eigenvalue weighted by atomic mass is 32.1. The smallest absolute Gasteiger partial charge is 0.259 e. The van der Waals surface area contributed by atoms with E-state index in [1.165, 1.54) is 37.0 Å². The number of H-pyrrole nitrogens is 1. The first-order chi connectivity index (χ1) is 13.5. The van der Waals surface area contributed by atoms with Gasteiger partial charge in [-0.15, -0.1) is 11.3 Å². The van der Waals surface area contributed by atoms with Crippen molar-refractivity contribution in [3.05, 3.63) is 26.6 Å². The average molecular weight is 405 g/mol. The number of fused-ring (bicyclic) bond motifs is 1. The van der Waals surface area contributed by atoms with Crippen molar-refractivity contribution in [1.82, 2.24) is 20.2 Å². The van der Waals surface area contributed by atoms with Crippen molar-refractivity contribution in [2.45, 2.75) is 64.5 Å². The Hall–Kier alpha value is -1.28. The van der Waals surface area contributed by atoms with E-state index in [1.807, 2.05) is 6.92 Å². The summed E-state index contributed by atoms with van der Waals surface area (Å²) in [6.07, 6.45) is 6.40. The summed E-state index contributed by atoms with van der Waals surface area (Å²) in [5.74, 6) is 0.742. The van der Waals surface area contributed by atoms with Gasteiger partial charge in [-0.1, -0.05) is 19.3 Å². The van der Waals surface area contributed by atoms with Crippen LogP contribution in [0.3, 0.4) is 0 Å². The second-order valence-electron chi connectivity index (χ2n) is 8.40. The van der Waals surface area contributed by atoms with Gasteiger partial charge in [-0.3, -0.25) is 9.69 Å². The van der Waals surface area contributed by atoms with E-state index < -0.39 is 0 Å². The summed E-state index contributed by atoms with van der Waals surface area (Å²) < 4.78 is 5.59.